The molecular formula is C14H19NO4S. The van der Waals surface area contributed by atoms with Crippen molar-refractivity contribution in [3.8, 4) is 0 Å². The van der Waals surface area contributed by atoms with Crippen molar-refractivity contribution in [2.24, 2.45) is 0 Å². The number of benzene rings is 1. The molecule has 110 valence electrons. The molecule has 0 spiro atoms. The maximum atomic E-state index is 12.0. The van der Waals surface area contributed by atoms with Gasteiger partial charge in [0.1, 0.15) is 15.4 Å². The van der Waals surface area contributed by atoms with Crippen molar-refractivity contribution in [3.63, 3.8) is 0 Å². The molecule has 1 aromatic carbocycles. The number of ether oxygens (including phenoxy) is 1. The number of hydrogen-bond donors (Lipinski definition) is 1. The predicted octanol–water partition coefficient (Wildman–Crippen LogP) is 0.897. The summed E-state index contributed by atoms with van der Waals surface area (Å²) in [5.41, 5.74) is 0.153. The van der Waals surface area contributed by atoms with Crippen LogP contribution in [0.15, 0.2) is 30.3 Å². The minimum absolute atomic E-state index is 0.0177. The molecule has 0 bridgehead atoms. The first-order valence-corrected chi connectivity index (χ1v) is 8.37. The average Bonchev–Trinajstić information content (AvgIpc) is 2.47. The first kappa shape index (κ1) is 15.0. The third-order valence-corrected chi connectivity index (χ3v) is 5.38. The fraction of sp³-hybridized carbons (Fsp3) is 0.500. The number of methoxy groups -OCH3 is 1. The summed E-state index contributed by atoms with van der Waals surface area (Å²) in [6.07, 6.45) is 0.518. The molecule has 1 aliphatic rings. The van der Waals surface area contributed by atoms with E-state index in [0.29, 0.717) is 6.54 Å². The van der Waals surface area contributed by atoms with Gasteiger partial charge in [-0.2, -0.15) is 0 Å². The molecule has 0 saturated carbocycles. The number of sulfone groups is 1. The summed E-state index contributed by atoms with van der Waals surface area (Å²) in [7, 11) is -1.70. The van der Waals surface area contributed by atoms with E-state index in [0.717, 1.165) is 5.56 Å². The second kappa shape index (κ2) is 5.93. The smallest absolute Gasteiger partial charge is 0.326 e. The van der Waals surface area contributed by atoms with Gasteiger partial charge in [0.2, 0.25) is 0 Å². The van der Waals surface area contributed by atoms with Crippen LogP contribution in [0.3, 0.4) is 0 Å². The molecule has 1 aromatic rings. The molecule has 1 aliphatic heterocycles. The van der Waals surface area contributed by atoms with Crippen molar-refractivity contribution in [2.45, 2.75) is 24.9 Å². The van der Waals surface area contributed by atoms with Crippen LogP contribution in [0.2, 0.25) is 0 Å². The van der Waals surface area contributed by atoms with E-state index in [9.17, 15) is 13.2 Å². The monoisotopic (exact) mass is 297 g/mol. The largest absolute Gasteiger partial charge is 0.468 e. The Morgan fingerprint density at radius 3 is 2.40 bits per heavy atom. The number of esters is 1. The van der Waals surface area contributed by atoms with Crippen LogP contribution in [-0.4, -0.2) is 38.5 Å². The fourth-order valence-electron chi connectivity index (χ4n) is 2.40. The van der Waals surface area contributed by atoms with Crippen LogP contribution in [0, 0.1) is 0 Å². The molecule has 20 heavy (non-hydrogen) atoms. The Kier molecular flexibility index (Phi) is 4.45. The van der Waals surface area contributed by atoms with E-state index in [-0.39, 0.29) is 30.3 Å². The molecule has 0 unspecified atom stereocenters. The summed E-state index contributed by atoms with van der Waals surface area (Å²) < 4.78 is 27.9. The molecule has 1 heterocycles. The van der Waals surface area contributed by atoms with Gasteiger partial charge in [0.25, 0.3) is 0 Å². The zero-order chi connectivity index (χ0) is 14.6. The Morgan fingerprint density at radius 1 is 1.25 bits per heavy atom. The molecule has 0 amide bonds. The fourth-order valence-corrected chi connectivity index (χ4v) is 3.93. The second-order valence-corrected chi connectivity index (χ2v) is 7.37. The van der Waals surface area contributed by atoms with E-state index in [1.807, 2.05) is 30.3 Å². The van der Waals surface area contributed by atoms with Crippen molar-refractivity contribution < 1.29 is 17.9 Å². The van der Waals surface area contributed by atoms with E-state index >= 15 is 0 Å². The van der Waals surface area contributed by atoms with Crippen LogP contribution in [0.4, 0.5) is 0 Å². The molecule has 0 aromatic heterocycles. The van der Waals surface area contributed by atoms with Crippen molar-refractivity contribution in [1.82, 2.24) is 5.32 Å². The van der Waals surface area contributed by atoms with Gasteiger partial charge in [-0.15, -0.1) is 0 Å². The van der Waals surface area contributed by atoms with Gasteiger partial charge in [-0.3, -0.25) is 10.1 Å². The van der Waals surface area contributed by atoms with Gasteiger partial charge >= 0.3 is 5.97 Å². The summed E-state index contributed by atoms with van der Waals surface area (Å²) in [4.78, 5) is 12.0. The number of carbonyl (C=O) groups excluding carboxylic acids is 1. The maximum absolute atomic E-state index is 12.0. The Bertz CT molecular complexity index is 554. The maximum Gasteiger partial charge on any atom is 0.326 e. The van der Waals surface area contributed by atoms with E-state index < -0.39 is 15.4 Å². The summed E-state index contributed by atoms with van der Waals surface area (Å²) in [5, 5.41) is 3.20. The highest BCUT2D eigenvalue weighted by atomic mass is 32.2. The van der Waals surface area contributed by atoms with Crippen LogP contribution >= 0.6 is 0 Å². The molecule has 0 atom stereocenters. The molecule has 1 saturated heterocycles. The van der Waals surface area contributed by atoms with E-state index in [1.165, 1.54) is 7.11 Å². The standard InChI is InChI=1S/C14H19NO4S/c1-19-13(16)14(7-9-20(17,18)10-8-14)15-11-12-5-3-2-4-6-12/h2-6,15H,7-11H2,1H3. The first-order chi connectivity index (χ1) is 9.47. The predicted molar refractivity (Wildman–Crippen MR) is 75.9 cm³/mol. The number of hydrogen-bond acceptors (Lipinski definition) is 5. The molecule has 5 nitrogen and oxygen atoms in total. The van der Waals surface area contributed by atoms with Crippen LogP contribution in [0.25, 0.3) is 0 Å². The van der Waals surface area contributed by atoms with Crippen LogP contribution in [0.5, 0.6) is 0 Å². The van der Waals surface area contributed by atoms with Crippen molar-refractivity contribution in [2.75, 3.05) is 18.6 Å². The topological polar surface area (TPSA) is 72.5 Å². The van der Waals surface area contributed by atoms with Gasteiger partial charge in [-0.1, -0.05) is 30.3 Å². The van der Waals surface area contributed by atoms with Gasteiger partial charge in [-0.05, 0) is 18.4 Å². The quantitative estimate of drug-likeness (QED) is 0.836. The number of nitrogens with one attached hydrogen (secondary N) is 1. The third kappa shape index (κ3) is 3.37. The Hall–Kier alpha value is -1.40. The van der Waals surface area contributed by atoms with E-state index in [2.05, 4.69) is 5.32 Å². The minimum atomic E-state index is -3.03. The van der Waals surface area contributed by atoms with Gasteiger partial charge in [0, 0.05) is 6.54 Å². The average molecular weight is 297 g/mol. The van der Waals surface area contributed by atoms with Gasteiger partial charge in [-0.25, -0.2) is 8.42 Å². The lowest BCUT2D eigenvalue weighted by atomic mass is 9.92. The highest BCUT2D eigenvalue weighted by Gasteiger charge is 2.44. The van der Waals surface area contributed by atoms with Crippen LogP contribution in [-0.2, 0) is 25.9 Å². The van der Waals surface area contributed by atoms with Gasteiger partial charge in [0.15, 0.2) is 0 Å². The van der Waals surface area contributed by atoms with Gasteiger partial charge < -0.3 is 4.74 Å². The Morgan fingerprint density at radius 2 is 1.85 bits per heavy atom. The molecule has 1 N–H and O–H groups in total. The van der Waals surface area contributed by atoms with E-state index in [4.69, 9.17) is 4.74 Å². The zero-order valence-corrected chi connectivity index (χ0v) is 12.3. The molecule has 0 aliphatic carbocycles. The lowest BCUT2D eigenvalue weighted by Crippen LogP contribution is -2.56. The lowest BCUT2D eigenvalue weighted by Gasteiger charge is -2.35. The van der Waals surface area contributed by atoms with Crippen molar-refractivity contribution in [3.05, 3.63) is 35.9 Å². The normalized spacial score (nSPS) is 20.2. The van der Waals surface area contributed by atoms with Crippen LogP contribution < -0.4 is 5.32 Å². The number of rotatable bonds is 4. The van der Waals surface area contributed by atoms with Crippen molar-refractivity contribution in [1.29, 1.82) is 0 Å². The lowest BCUT2D eigenvalue weighted by molar-refractivity contribution is -0.149. The highest BCUT2D eigenvalue weighted by molar-refractivity contribution is 7.91. The summed E-state index contributed by atoms with van der Waals surface area (Å²) in [6.45, 7) is 0.510. The Labute approximate surface area is 119 Å². The summed E-state index contributed by atoms with van der Waals surface area (Å²) in [6, 6.07) is 9.68. The van der Waals surface area contributed by atoms with Crippen LogP contribution in [0.1, 0.15) is 18.4 Å². The SMILES string of the molecule is COC(=O)C1(NCc2ccccc2)CCS(=O)(=O)CC1. The Balaban J connectivity index is 2.11. The van der Waals surface area contributed by atoms with Crippen molar-refractivity contribution >= 4 is 15.8 Å². The third-order valence-electron chi connectivity index (χ3n) is 3.73. The second-order valence-electron chi connectivity index (χ2n) is 5.06. The molecule has 0 radical (unpaired) electrons. The highest BCUT2D eigenvalue weighted by Crippen LogP contribution is 2.25. The molecular weight excluding hydrogens is 278 g/mol. The molecule has 1 fully saturated rings. The summed E-state index contributed by atoms with van der Waals surface area (Å²) in [5.74, 6) is -0.350. The van der Waals surface area contributed by atoms with Gasteiger partial charge in [0.05, 0.1) is 18.6 Å². The summed E-state index contributed by atoms with van der Waals surface area (Å²) >= 11 is 0. The minimum Gasteiger partial charge on any atom is -0.468 e. The van der Waals surface area contributed by atoms with E-state index in [1.54, 1.807) is 0 Å². The zero-order valence-electron chi connectivity index (χ0n) is 11.5. The first-order valence-electron chi connectivity index (χ1n) is 6.55. The number of carbonyl (C=O) groups is 1. The molecule has 6 heteroatoms. The molecule has 2 rings (SSSR count).